The summed E-state index contributed by atoms with van der Waals surface area (Å²) in [4.78, 5) is 72.2. The van der Waals surface area contributed by atoms with Gasteiger partial charge in [-0.15, -0.1) is 0 Å². The second kappa shape index (κ2) is 13.2. The van der Waals surface area contributed by atoms with Crippen LogP contribution in [0.5, 0.6) is 0 Å². The molecule has 4 amide bonds. The predicted octanol–water partition coefficient (Wildman–Crippen LogP) is 1.15. The Morgan fingerprint density at radius 1 is 0.907 bits per heavy atom. The molecular weight excluding hydrogens is 552 g/mol. The van der Waals surface area contributed by atoms with Gasteiger partial charge in [-0.25, -0.2) is 4.79 Å². The van der Waals surface area contributed by atoms with Crippen molar-refractivity contribution in [2.24, 2.45) is 5.92 Å². The van der Waals surface area contributed by atoms with E-state index in [0.29, 0.717) is 45.2 Å². The number of nitrogens with one attached hydrogen (secondary N) is 4. The van der Waals surface area contributed by atoms with E-state index in [-0.39, 0.29) is 30.2 Å². The molecule has 1 aromatic heterocycles. The lowest BCUT2D eigenvalue weighted by atomic mass is 10.0. The summed E-state index contributed by atoms with van der Waals surface area (Å²) in [6.07, 6.45) is 5.55. The number of aliphatic carboxylic acids is 1. The highest BCUT2D eigenvalue weighted by Gasteiger charge is 2.42. The van der Waals surface area contributed by atoms with Crippen molar-refractivity contribution in [3.8, 4) is 0 Å². The fourth-order valence-corrected chi connectivity index (χ4v) is 6.63. The van der Waals surface area contributed by atoms with Gasteiger partial charge in [0.1, 0.15) is 24.2 Å². The van der Waals surface area contributed by atoms with Crippen molar-refractivity contribution in [1.82, 2.24) is 30.7 Å². The summed E-state index contributed by atoms with van der Waals surface area (Å²) in [6, 6.07) is 3.77. The number of carbonyl (C=O) groups is 5. The van der Waals surface area contributed by atoms with Crippen LogP contribution in [-0.4, -0.2) is 99.3 Å². The summed E-state index contributed by atoms with van der Waals surface area (Å²) in [5, 5.41) is 19.6. The number of benzene rings is 1. The Morgan fingerprint density at radius 2 is 1.60 bits per heavy atom. The molecule has 0 saturated carbocycles. The van der Waals surface area contributed by atoms with E-state index in [9.17, 15) is 29.1 Å². The topological polar surface area (TPSA) is 164 Å². The molecule has 5 rings (SSSR count). The number of nitrogens with zero attached hydrogens (tertiary/aromatic N) is 2. The Balaban J connectivity index is 1.35. The van der Waals surface area contributed by atoms with Gasteiger partial charge >= 0.3 is 5.97 Å². The molecule has 5 unspecified atom stereocenters. The van der Waals surface area contributed by atoms with Crippen molar-refractivity contribution in [1.29, 1.82) is 0 Å². The Hall–Kier alpha value is -3.93. The number of aromatic nitrogens is 1. The number of carboxylic acids is 1. The van der Waals surface area contributed by atoms with Crippen molar-refractivity contribution in [2.75, 3.05) is 19.6 Å². The Bertz CT molecular complexity index is 1370. The first-order chi connectivity index (χ1) is 20.7. The fourth-order valence-electron chi connectivity index (χ4n) is 6.63. The van der Waals surface area contributed by atoms with E-state index >= 15 is 0 Å². The smallest absolute Gasteiger partial charge is 0.326 e. The summed E-state index contributed by atoms with van der Waals surface area (Å²) >= 11 is 0. The van der Waals surface area contributed by atoms with Gasteiger partial charge in [-0.2, -0.15) is 0 Å². The van der Waals surface area contributed by atoms with Crippen LogP contribution in [0, 0.1) is 5.92 Å². The zero-order valence-corrected chi connectivity index (χ0v) is 24.8. The van der Waals surface area contributed by atoms with Crippen molar-refractivity contribution < 1.29 is 29.1 Å². The minimum absolute atomic E-state index is 0.164. The van der Waals surface area contributed by atoms with Gasteiger partial charge < -0.3 is 35.8 Å². The molecule has 3 aliphatic rings. The first kappa shape index (κ1) is 30.5. The molecule has 3 fully saturated rings. The number of fused-ring (bicyclic) bond motifs is 1. The highest BCUT2D eigenvalue weighted by molar-refractivity contribution is 5.96. The van der Waals surface area contributed by atoms with Crippen molar-refractivity contribution in [3.63, 3.8) is 0 Å². The van der Waals surface area contributed by atoms with Gasteiger partial charge in [0.2, 0.25) is 23.6 Å². The van der Waals surface area contributed by atoms with Crippen molar-refractivity contribution >= 4 is 40.5 Å². The molecule has 1 aromatic carbocycles. The molecule has 5 N–H and O–H groups in total. The van der Waals surface area contributed by atoms with Gasteiger partial charge in [0.15, 0.2) is 0 Å². The molecule has 43 heavy (non-hydrogen) atoms. The molecule has 3 saturated heterocycles. The number of para-hydroxylation sites is 1. The molecule has 0 radical (unpaired) electrons. The Kier molecular flexibility index (Phi) is 9.34. The standard InChI is InChI=1S/C31H42N6O6/c1-18(2)26(35-27(38)22-10-5-13-32-22)30(41)36-14-6-11-24(36)28(39)34-23(29(40)37-15-7-12-25(37)31(42)43)16-19-17-33-21-9-4-3-8-20(19)21/h3-4,8-9,17-18,22-26,32-33H,5-7,10-16H2,1-2H3,(H,34,39)(H,35,38)(H,42,43). The molecule has 4 heterocycles. The zero-order chi connectivity index (χ0) is 30.7. The number of likely N-dealkylation sites (tertiary alicyclic amines) is 2. The Morgan fingerprint density at radius 3 is 2.28 bits per heavy atom. The van der Waals surface area contributed by atoms with Crippen LogP contribution < -0.4 is 16.0 Å². The maximum Gasteiger partial charge on any atom is 0.326 e. The van der Waals surface area contributed by atoms with E-state index in [1.54, 1.807) is 6.20 Å². The summed E-state index contributed by atoms with van der Waals surface area (Å²) in [5.41, 5.74) is 1.71. The van der Waals surface area contributed by atoms with Crippen LogP contribution >= 0.6 is 0 Å². The fraction of sp³-hybridized carbons (Fsp3) is 0.581. The number of rotatable bonds is 10. The summed E-state index contributed by atoms with van der Waals surface area (Å²) in [7, 11) is 0. The minimum atomic E-state index is -1.06. The van der Waals surface area contributed by atoms with E-state index in [4.69, 9.17) is 0 Å². The summed E-state index contributed by atoms with van der Waals surface area (Å²) < 4.78 is 0. The number of carboxylic acid groups (broad SMARTS) is 1. The van der Waals surface area contributed by atoms with Crippen LogP contribution in [0.4, 0.5) is 0 Å². The molecule has 232 valence electrons. The van der Waals surface area contributed by atoms with Gasteiger partial charge in [-0.3, -0.25) is 19.2 Å². The number of H-pyrrole nitrogens is 1. The van der Waals surface area contributed by atoms with E-state index in [0.717, 1.165) is 29.4 Å². The van der Waals surface area contributed by atoms with Crippen LogP contribution in [0.25, 0.3) is 10.9 Å². The number of aromatic amines is 1. The van der Waals surface area contributed by atoms with Gasteiger partial charge in [0.05, 0.1) is 6.04 Å². The average Bonchev–Trinajstić information content (AvgIpc) is 3.81. The lowest BCUT2D eigenvalue weighted by Gasteiger charge is -2.32. The highest BCUT2D eigenvalue weighted by atomic mass is 16.4. The Labute approximate surface area is 250 Å². The SMILES string of the molecule is CC(C)C(NC(=O)C1CCCN1)C(=O)N1CCCC1C(=O)NC(Cc1c[nH]c2ccccc12)C(=O)N1CCCC1C(=O)O. The average molecular weight is 595 g/mol. The molecular formula is C31H42N6O6. The lowest BCUT2D eigenvalue weighted by Crippen LogP contribution is -2.59. The second-order valence-electron chi connectivity index (χ2n) is 12.2. The molecule has 0 bridgehead atoms. The first-order valence-corrected chi connectivity index (χ1v) is 15.4. The molecule has 3 aliphatic heterocycles. The molecule has 12 heteroatoms. The summed E-state index contributed by atoms with van der Waals surface area (Å²) in [6.45, 7) is 5.15. The largest absolute Gasteiger partial charge is 0.480 e. The molecule has 12 nitrogen and oxygen atoms in total. The van der Waals surface area contributed by atoms with Gasteiger partial charge in [-0.1, -0.05) is 32.0 Å². The van der Waals surface area contributed by atoms with Crippen LogP contribution in [0.3, 0.4) is 0 Å². The molecule has 0 spiro atoms. The number of hydrogen-bond donors (Lipinski definition) is 5. The van der Waals surface area contributed by atoms with E-state index < -0.39 is 42.0 Å². The maximum absolute atomic E-state index is 13.8. The first-order valence-electron chi connectivity index (χ1n) is 15.4. The van der Waals surface area contributed by atoms with E-state index in [2.05, 4.69) is 20.9 Å². The number of carbonyl (C=O) groups excluding carboxylic acids is 4. The second-order valence-corrected chi connectivity index (χ2v) is 12.2. The normalized spacial score (nSPS) is 23.5. The van der Waals surface area contributed by atoms with E-state index in [1.807, 2.05) is 38.1 Å². The van der Waals surface area contributed by atoms with Crippen LogP contribution in [0.15, 0.2) is 30.5 Å². The van der Waals surface area contributed by atoms with Gasteiger partial charge in [0, 0.05) is 36.6 Å². The van der Waals surface area contributed by atoms with E-state index in [1.165, 1.54) is 9.80 Å². The van der Waals surface area contributed by atoms with Crippen LogP contribution in [0.2, 0.25) is 0 Å². The predicted molar refractivity (Wildman–Crippen MR) is 159 cm³/mol. The highest BCUT2D eigenvalue weighted by Crippen LogP contribution is 2.25. The molecule has 5 atom stereocenters. The van der Waals surface area contributed by atoms with Crippen molar-refractivity contribution in [3.05, 3.63) is 36.0 Å². The third-order valence-corrected chi connectivity index (χ3v) is 8.98. The minimum Gasteiger partial charge on any atom is -0.480 e. The molecule has 2 aromatic rings. The van der Waals surface area contributed by atoms with Crippen LogP contribution in [0.1, 0.15) is 57.9 Å². The zero-order valence-electron chi connectivity index (χ0n) is 24.8. The quantitative estimate of drug-likeness (QED) is 0.275. The molecule has 0 aliphatic carbocycles. The van der Waals surface area contributed by atoms with Gasteiger partial charge in [-0.05, 0) is 62.6 Å². The number of hydrogen-bond acceptors (Lipinski definition) is 6. The lowest BCUT2D eigenvalue weighted by molar-refractivity contribution is -0.149. The number of amides is 4. The maximum atomic E-state index is 13.8. The summed E-state index contributed by atoms with van der Waals surface area (Å²) in [5.74, 6) is -2.69. The third-order valence-electron chi connectivity index (χ3n) is 8.98. The van der Waals surface area contributed by atoms with Gasteiger partial charge in [0.25, 0.3) is 0 Å². The third kappa shape index (κ3) is 6.53. The monoisotopic (exact) mass is 594 g/mol. The van der Waals surface area contributed by atoms with Crippen LogP contribution in [-0.2, 0) is 30.4 Å². The van der Waals surface area contributed by atoms with Crippen molar-refractivity contribution in [2.45, 2.75) is 89.0 Å².